The average Bonchev–Trinajstić information content (AvgIpc) is 2.53. The molecule has 0 radical (unpaired) electrons. The molecule has 0 aliphatic rings. The summed E-state index contributed by atoms with van der Waals surface area (Å²) < 4.78 is 0. The number of amides is 1. The van der Waals surface area contributed by atoms with E-state index in [1.165, 1.54) is 0 Å². The summed E-state index contributed by atoms with van der Waals surface area (Å²) in [6, 6.07) is 17.2. The van der Waals surface area contributed by atoms with E-state index < -0.39 is 6.04 Å². The summed E-state index contributed by atoms with van der Waals surface area (Å²) in [7, 11) is 0. The van der Waals surface area contributed by atoms with E-state index in [9.17, 15) is 4.79 Å². The minimum Gasteiger partial charge on any atom is -0.337 e. The fraction of sp³-hybridized carbons (Fsp3) is 0.278. The molecular weight excluding hydrogens is 296 g/mol. The van der Waals surface area contributed by atoms with Crippen molar-refractivity contribution in [1.82, 2.24) is 4.90 Å². The molecule has 1 amide bonds. The first-order chi connectivity index (χ1) is 10.1. The van der Waals surface area contributed by atoms with Gasteiger partial charge in [-0.1, -0.05) is 60.2 Å². The highest BCUT2D eigenvalue weighted by molar-refractivity contribution is 5.85. The van der Waals surface area contributed by atoms with Crippen LogP contribution in [0.4, 0.5) is 0 Å². The highest BCUT2D eigenvalue weighted by atomic mass is 35.5. The van der Waals surface area contributed by atoms with E-state index in [-0.39, 0.29) is 18.3 Å². The van der Waals surface area contributed by atoms with Crippen LogP contribution in [0.25, 0.3) is 0 Å². The summed E-state index contributed by atoms with van der Waals surface area (Å²) in [5.41, 5.74) is 9.26. The lowest BCUT2D eigenvalue weighted by atomic mass is 10.0. The lowest BCUT2D eigenvalue weighted by molar-refractivity contribution is -0.133. The molecule has 0 spiro atoms. The van der Waals surface area contributed by atoms with Crippen molar-refractivity contribution in [2.24, 2.45) is 5.73 Å². The van der Waals surface area contributed by atoms with Gasteiger partial charge in [-0.2, -0.15) is 0 Å². The second kappa shape index (κ2) is 8.57. The molecule has 3 nitrogen and oxygen atoms in total. The van der Waals surface area contributed by atoms with Crippen molar-refractivity contribution in [2.75, 3.05) is 6.54 Å². The van der Waals surface area contributed by atoms with Crippen LogP contribution in [0.3, 0.4) is 0 Å². The Labute approximate surface area is 138 Å². The summed E-state index contributed by atoms with van der Waals surface area (Å²) in [5.74, 6) is -0.0368. The summed E-state index contributed by atoms with van der Waals surface area (Å²) >= 11 is 0. The van der Waals surface area contributed by atoms with Gasteiger partial charge >= 0.3 is 0 Å². The van der Waals surface area contributed by atoms with Gasteiger partial charge in [0.1, 0.15) is 6.04 Å². The highest BCUT2D eigenvalue weighted by Gasteiger charge is 2.21. The number of aryl methyl sites for hydroxylation is 1. The standard InChI is InChI=1S/C18H22N2O.ClH/c1-3-20(13-15-7-5-4-6-8-15)18(21)17(19)16-11-9-14(2)10-12-16;/h4-12,17H,3,13,19H2,1-2H3;1H. The minimum absolute atomic E-state index is 0. The van der Waals surface area contributed by atoms with Crippen LogP contribution in [0.5, 0.6) is 0 Å². The van der Waals surface area contributed by atoms with Crippen LogP contribution in [0.2, 0.25) is 0 Å². The monoisotopic (exact) mass is 318 g/mol. The Morgan fingerprint density at radius 2 is 1.68 bits per heavy atom. The van der Waals surface area contributed by atoms with Gasteiger partial charge in [-0.05, 0) is 25.0 Å². The van der Waals surface area contributed by atoms with Gasteiger partial charge in [0.2, 0.25) is 5.91 Å². The summed E-state index contributed by atoms with van der Waals surface area (Å²) in [6.07, 6.45) is 0. The molecule has 2 rings (SSSR count). The van der Waals surface area contributed by atoms with Crippen molar-refractivity contribution in [3.8, 4) is 0 Å². The smallest absolute Gasteiger partial charge is 0.244 e. The van der Waals surface area contributed by atoms with E-state index in [2.05, 4.69) is 0 Å². The number of hydrogen-bond donors (Lipinski definition) is 1. The van der Waals surface area contributed by atoms with E-state index in [1.54, 1.807) is 4.90 Å². The first-order valence-corrected chi connectivity index (χ1v) is 7.26. The second-order valence-corrected chi connectivity index (χ2v) is 5.23. The molecule has 0 fully saturated rings. The number of benzene rings is 2. The molecule has 2 N–H and O–H groups in total. The molecule has 0 saturated heterocycles. The predicted molar refractivity (Wildman–Crippen MR) is 92.9 cm³/mol. The molecule has 1 atom stereocenters. The second-order valence-electron chi connectivity index (χ2n) is 5.23. The molecular formula is C18H23ClN2O. The summed E-state index contributed by atoms with van der Waals surface area (Å²) in [6.45, 7) is 5.23. The third-order valence-electron chi connectivity index (χ3n) is 3.61. The Hall–Kier alpha value is -1.84. The summed E-state index contributed by atoms with van der Waals surface area (Å²) in [4.78, 5) is 14.4. The predicted octanol–water partition coefficient (Wildman–Crippen LogP) is 3.47. The van der Waals surface area contributed by atoms with Crippen LogP contribution >= 0.6 is 12.4 Å². The molecule has 22 heavy (non-hydrogen) atoms. The third-order valence-corrected chi connectivity index (χ3v) is 3.61. The Morgan fingerprint density at radius 3 is 2.23 bits per heavy atom. The van der Waals surface area contributed by atoms with Crippen LogP contribution in [0.15, 0.2) is 54.6 Å². The zero-order valence-corrected chi connectivity index (χ0v) is 13.8. The zero-order valence-electron chi connectivity index (χ0n) is 13.0. The fourth-order valence-electron chi connectivity index (χ4n) is 2.26. The first kappa shape index (κ1) is 18.2. The van der Waals surface area contributed by atoms with Crippen LogP contribution in [-0.2, 0) is 11.3 Å². The molecule has 0 saturated carbocycles. The molecule has 0 aliphatic heterocycles. The molecule has 2 aromatic rings. The van der Waals surface area contributed by atoms with Crippen molar-refractivity contribution in [1.29, 1.82) is 0 Å². The topological polar surface area (TPSA) is 46.3 Å². The number of hydrogen-bond acceptors (Lipinski definition) is 2. The maximum absolute atomic E-state index is 12.6. The number of nitrogens with two attached hydrogens (primary N) is 1. The maximum Gasteiger partial charge on any atom is 0.244 e. The van der Waals surface area contributed by atoms with E-state index in [1.807, 2.05) is 68.4 Å². The summed E-state index contributed by atoms with van der Waals surface area (Å²) in [5, 5.41) is 0. The quantitative estimate of drug-likeness (QED) is 0.917. The van der Waals surface area contributed by atoms with Crippen molar-refractivity contribution in [2.45, 2.75) is 26.4 Å². The SMILES string of the molecule is CCN(Cc1ccccc1)C(=O)C(N)c1ccc(C)cc1.Cl. The Bertz CT molecular complexity index is 584. The molecule has 0 heterocycles. The van der Waals surface area contributed by atoms with Gasteiger partial charge in [0.25, 0.3) is 0 Å². The van der Waals surface area contributed by atoms with Gasteiger partial charge in [-0.3, -0.25) is 4.79 Å². The van der Waals surface area contributed by atoms with Gasteiger partial charge in [0.15, 0.2) is 0 Å². The third kappa shape index (κ3) is 4.58. The number of likely N-dealkylation sites (N-methyl/N-ethyl adjacent to an activating group) is 1. The maximum atomic E-state index is 12.6. The first-order valence-electron chi connectivity index (χ1n) is 7.26. The van der Waals surface area contributed by atoms with E-state index in [0.717, 1.165) is 16.7 Å². The largest absolute Gasteiger partial charge is 0.337 e. The van der Waals surface area contributed by atoms with Crippen LogP contribution in [0.1, 0.15) is 29.7 Å². The molecule has 118 valence electrons. The van der Waals surface area contributed by atoms with E-state index in [4.69, 9.17) is 5.73 Å². The minimum atomic E-state index is -0.603. The Morgan fingerprint density at radius 1 is 1.09 bits per heavy atom. The molecule has 1 unspecified atom stereocenters. The molecule has 0 bridgehead atoms. The van der Waals surface area contributed by atoms with Gasteiger partial charge in [-0.25, -0.2) is 0 Å². The van der Waals surface area contributed by atoms with Crippen molar-refractivity contribution < 1.29 is 4.79 Å². The number of nitrogens with zero attached hydrogens (tertiary/aromatic N) is 1. The van der Waals surface area contributed by atoms with Gasteiger partial charge in [-0.15, -0.1) is 12.4 Å². The van der Waals surface area contributed by atoms with Crippen LogP contribution in [0, 0.1) is 6.92 Å². The Balaban J connectivity index is 0.00000242. The number of halogens is 1. The van der Waals surface area contributed by atoms with Crippen LogP contribution in [-0.4, -0.2) is 17.4 Å². The van der Waals surface area contributed by atoms with Crippen molar-refractivity contribution in [3.05, 3.63) is 71.3 Å². The van der Waals surface area contributed by atoms with E-state index in [0.29, 0.717) is 13.1 Å². The fourth-order valence-corrected chi connectivity index (χ4v) is 2.26. The van der Waals surface area contributed by atoms with Crippen molar-refractivity contribution >= 4 is 18.3 Å². The van der Waals surface area contributed by atoms with E-state index >= 15 is 0 Å². The van der Waals surface area contributed by atoms with Gasteiger partial charge < -0.3 is 10.6 Å². The molecule has 0 aromatic heterocycles. The average molecular weight is 319 g/mol. The lowest BCUT2D eigenvalue weighted by Crippen LogP contribution is -2.38. The van der Waals surface area contributed by atoms with Gasteiger partial charge in [0, 0.05) is 13.1 Å². The molecule has 4 heteroatoms. The van der Waals surface area contributed by atoms with Gasteiger partial charge in [0.05, 0.1) is 0 Å². The zero-order chi connectivity index (χ0) is 15.2. The normalized spacial score (nSPS) is 11.4. The van der Waals surface area contributed by atoms with Crippen LogP contribution < -0.4 is 5.73 Å². The van der Waals surface area contributed by atoms with Crippen molar-refractivity contribution in [3.63, 3.8) is 0 Å². The highest BCUT2D eigenvalue weighted by Crippen LogP contribution is 2.16. The Kier molecular flexibility index (Phi) is 7.09. The number of rotatable bonds is 5. The lowest BCUT2D eigenvalue weighted by Gasteiger charge is -2.24. The number of carbonyl (C=O) groups is 1. The number of carbonyl (C=O) groups excluding carboxylic acids is 1. The molecule has 0 aliphatic carbocycles. The molecule has 2 aromatic carbocycles.